The SMILES string of the molecule is CC(Nc1ccc(Cl)cc1Cl)c1cccc([N+](=O)[O-])c1. The highest BCUT2D eigenvalue weighted by Gasteiger charge is 2.12. The monoisotopic (exact) mass is 310 g/mol. The fraction of sp³-hybridized carbons (Fsp3) is 0.143. The molecule has 0 bridgehead atoms. The molecule has 0 aliphatic heterocycles. The molecule has 0 radical (unpaired) electrons. The standard InChI is InChI=1S/C14H12Cl2N2O2/c1-9(10-3-2-4-12(7-10)18(19)20)17-14-6-5-11(15)8-13(14)16/h2-9,17H,1H3. The lowest BCUT2D eigenvalue weighted by Crippen LogP contribution is -2.07. The normalized spacial score (nSPS) is 11.9. The van der Waals surface area contributed by atoms with Gasteiger partial charge in [-0.2, -0.15) is 0 Å². The average Bonchev–Trinajstić information content (AvgIpc) is 2.42. The molecule has 0 aromatic heterocycles. The molecule has 0 heterocycles. The first-order valence-electron chi connectivity index (χ1n) is 5.93. The Hall–Kier alpha value is -1.78. The zero-order valence-electron chi connectivity index (χ0n) is 10.6. The summed E-state index contributed by atoms with van der Waals surface area (Å²) in [4.78, 5) is 10.4. The molecular formula is C14H12Cl2N2O2. The van der Waals surface area contributed by atoms with Crippen LogP contribution in [0.2, 0.25) is 10.0 Å². The van der Waals surface area contributed by atoms with Crippen LogP contribution >= 0.6 is 23.2 Å². The largest absolute Gasteiger partial charge is 0.377 e. The van der Waals surface area contributed by atoms with Crippen LogP contribution < -0.4 is 5.32 Å². The van der Waals surface area contributed by atoms with E-state index >= 15 is 0 Å². The summed E-state index contributed by atoms with van der Waals surface area (Å²) in [6.07, 6.45) is 0. The highest BCUT2D eigenvalue weighted by molar-refractivity contribution is 6.36. The summed E-state index contributed by atoms with van der Waals surface area (Å²) in [5.41, 5.74) is 1.61. The summed E-state index contributed by atoms with van der Waals surface area (Å²) in [5.74, 6) is 0. The predicted molar refractivity (Wildman–Crippen MR) is 81.6 cm³/mol. The molecule has 1 unspecified atom stereocenters. The molecule has 0 aliphatic carbocycles. The van der Waals surface area contributed by atoms with Crippen LogP contribution in [0.4, 0.5) is 11.4 Å². The van der Waals surface area contributed by atoms with Gasteiger partial charge in [-0.25, -0.2) is 0 Å². The van der Waals surface area contributed by atoms with Crippen molar-refractivity contribution in [2.45, 2.75) is 13.0 Å². The van der Waals surface area contributed by atoms with E-state index in [9.17, 15) is 10.1 Å². The third-order valence-corrected chi connectivity index (χ3v) is 3.43. The van der Waals surface area contributed by atoms with Gasteiger partial charge in [-0.05, 0) is 30.7 Å². The van der Waals surface area contributed by atoms with Crippen LogP contribution in [0.1, 0.15) is 18.5 Å². The highest BCUT2D eigenvalue weighted by Crippen LogP contribution is 2.29. The van der Waals surface area contributed by atoms with Crippen LogP contribution in [0.25, 0.3) is 0 Å². The predicted octanol–water partition coefficient (Wildman–Crippen LogP) is 5.07. The third-order valence-electron chi connectivity index (χ3n) is 2.88. The zero-order valence-corrected chi connectivity index (χ0v) is 12.2. The summed E-state index contributed by atoms with van der Waals surface area (Å²) < 4.78 is 0. The molecule has 4 nitrogen and oxygen atoms in total. The minimum atomic E-state index is -0.411. The first-order valence-corrected chi connectivity index (χ1v) is 6.69. The number of nitro groups is 1. The van der Waals surface area contributed by atoms with E-state index in [4.69, 9.17) is 23.2 Å². The molecule has 0 fully saturated rings. The molecule has 0 saturated heterocycles. The van der Waals surface area contributed by atoms with Gasteiger partial charge in [-0.3, -0.25) is 10.1 Å². The number of nitrogens with zero attached hydrogens (tertiary/aromatic N) is 1. The molecule has 6 heteroatoms. The van der Waals surface area contributed by atoms with E-state index in [0.717, 1.165) is 11.3 Å². The number of benzene rings is 2. The highest BCUT2D eigenvalue weighted by atomic mass is 35.5. The number of halogens is 2. The summed E-state index contributed by atoms with van der Waals surface area (Å²) in [5, 5.41) is 15.0. The number of non-ortho nitro benzene ring substituents is 1. The Morgan fingerprint density at radius 1 is 1.20 bits per heavy atom. The zero-order chi connectivity index (χ0) is 14.7. The summed E-state index contributed by atoms with van der Waals surface area (Å²) >= 11 is 11.9. The van der Waals surface area contributed by atoms with Crippen molar-refractivity contribution in [1.82, 2.24) is 0 Å². The van der Waals surface area contributed by atoms with Crippen LogP contribution in [0.3, 0.4) is 0 Å². The van der Waals surface area contributed by atoms with E-state index in [1.165, 1.54) is 6.07 Å². The molecular weight excluding hydrogens is 299 g/mol. The lowest BCUT2D eigenvalue weighted by atomic mass is 10.1. The van der Waals surface area contributed by atoms with Crippen LogP contribution in [0.15, 0.2) is 42.5 Å². The molecule has 2 aromatic carbocycles. The van der Waals surface area contributed by atoms with E-state index in [2.05, 4.69) is 5.32 Å². The number of hydrogen-bond donors (Lipinski definition) is 1. The Bertz CT molecular complexity index is 647. The Labute approximate surface area is 126 Å². The second-order valence-corrected chi connectivity index (χ2v) is 5.19. The van der Waals surface area contributed by atoms with Gasteiger partial charge in [-0.1, -0.05) is 35.3 Å². The third kappa shape index (κ3) is 3.40. The fourth-order valence-electron chi connectivity index (χ4n) is 1.83. The topological polar surface area (TPSA) is 55.2 Å². The van der Waals surface area contributed by atoms with Crippen molar-refractivity contribution >= 4 is 34.6 Å². The molecule has 0 saturated carbocycles. The van der Waals surface area contributed by atoms with Gasteiger partial charge in [0.25, 0.3) is 5.69 Å². The number of nitrogens with one attached hydrogen (secondary N) is 1. The Balaban J connectivity index is 2.21. The number of anilines is 1. The van der Waals surface area contributed by atoms with E-state index in [1.807, 2.05) is 13.0 Å². The van der Waals surface area contributed by atoms with Gasteiger partial charge in [0, 0.05) is 23.2 Å². The van der Waals surface area contributed by atoms with Crippen molar-refractivity contribution in [3.05, 3.63) is 68.2 Å². The van der Waals surface area contributed by atoms with E-state index in [1.54, 1.807) is 30.3 Å². The molecule has 0 aliphatic rings. The summed E-state index contributed by atoms with van der Waals surface area (Å²) in [6.45, 7) is 1.91. The van der Waals surface area contributed by atoms with Gasteiger partial charge in [-0.15, -0.1) is 0 Å². The molecule has 1 atom stereocenters. The molecule has 20 heavy (non-hydrogen) atoms. The van der Waals surface area contributed by atoms with Crippen molar-refractivity contribution in [1.29, 1.82) is 0 Å². The summed E-state index contributed by atoms with van der Waals surface area (Å²) in [6, 6.07) is 11.5. The lowest BCUT2D eigenvalue weighted by Gasteiger charge is -2.16. The molecule has 0 amide bonds. The van der Waals surface area contributed by atoms with Gasteiger partial charge in [0.15, 0.2) is 0 Å². The molecule has 2 rings (SSSR count). The molecule has 104 valence electrons. The fourth-order valence-corrected chi connectivity index (χ4v) is 2.29. The number of nitro benzene ring substituents is 1. The Morgan fingerprint density at radius 3 is 2.60 bits per heavy atom. The lowest BCUT2D eigenvalue weighted by molar-refractivity contribution is -0.384. The van der Waals surface area contributed by atoms with Crippen LogP contribution in [0.5, 0.6) is 0 Å². The van der Waals surface area contributed by atoms with Crippen molar-refractivity contribution in [2.75, 3.05) is 5.32 Å². The minimum Gasteiger partial charge on any atom is -0.377 e. The van der Waals surface area contributed by atoms with Crippen molar-refractivity contribution < 1.29 is 4.92 Å². The van der Waals surface area contributed by atoms with E-state index in [-0.39, 0.29) is 11.7 Å². The smallest absolute Gasteiger partial charge is 0.269 e. The second kappa shape index (κ2) is 6.11. The quantitative estimate of drug-likeness (QED) is 0.633. The van der Waals surface area contributed by atoms with Crippen molar-refractivity contribution in [2.24, 2.45) is 0 Å². The Morgan fingerprint density at radius 2 is 1.95 bits per heavy atom. The minimum absolute atomic E-state index is 0.0679. The van der Waals surface area contributed by atoms with Gasteiger partial charge in [0.1, 0.15) is 0 Å². The maximum Gasteiger partial charge on any atom is 0.269 e. The average molecular weight is 311 g/mol. The van der Waals surface area contributed by atoms with Crippen LogP contribution in [-0.4, -0.2) is 4.92 Å². The first kappa shape index (κ1) is 14.6. The van der Waals surface area contributed by atoms with Gasteiger partial charge in [0.2, 0.25) is 0 Å². The van der Waals surface area contributed by atoms with Crippen molar-refractivity contribution in [3.8, 4) is 0 Å². The molecule has 2 aromatic rings. The van der Waals surface area contributed by atoms with Gasteiger partial charge < -0.3 is 5.32 Å². The maximum absolute atomic E-state index is 10.8. The van der Waals surface area contributed by atoms with Crippen molar-refractivity contribution in [3.63, 3.8) is 0 Å². The number of hydrogen-bond acceptors (Lipinski definition) is 3. The van der Waals surface area contributed by atoms with Crippen LogP contribution in [-0.2, 0) is 0 Å². The van der Waals surface area contributed by atoms with Gasteiger partial charge >= 0.3 is 0 Å². The van der Waals surface area contributed by atoms with Gasteiger partial charge in [0.05, 0.1) is 15.6 Å². The van der Waals surface area contributed by atoms with E-state index in [0.29, 0.717) is 10.0 Å². The molecule has 0 spiro atoms. The maximum atomic E-state index is 10.8. The Kier molecular flexibility index (Phi) is 4.47. The first-order chi connectivity index (χ1) is 9.47. The second-order valence-electron chi connectivity index (χ2n) is 4.34. The van der Waals surface area contributed by atoms with E-state index < -0.39 is 4.92 Å². The number of rotatable bonds is 4. The van der Waals surface area contributed by atoms with Crippen LogP contribution in [0, 0.1) is 10.1 Å². The summed E-state index contributed by atoms with van der Waals surface area (Å²) in [7, 11) is 0. The molecule has 1 N–H and O–H groups in total.